The third-order valence-electron chi connectivity index (χ3n) is 4.96. The minimum atomic E-state index is -1.28. The van der Waals surface area contributed by atoms with E-state index in [1.165, 1.54) is 54.1 Å². The number of hydrogen-bond acceptors (Lipinski definition) is 13. The summed E-state index contributed by atoms with van der Waals surface area (Å²) in [7, 11) is 0. The minimum Gasteiger partial charge on any atom is -0.477 e. The second kappa shape index (κ2) is 11.2. The molecule has 0 spiro atoms. The van der Waals surface area contributed by atoms with Crippen molar-refractivity contribution in [1.82, 2.24) is 25.2 Å². The van der Waals surface area contributed by atoms with Crippen molar-refractivity contribution in [1.29, 1.82) is 0 Å². The van der Waals surface area contributed by atoms with Crippen LogP contribution in [0.2, 0.25) is 0 Å². The zero-order chi connectivity index (χ0) is 25.8. The SMILES string of the molecule is NCCSc1nccnc1SC1=C(C(=O)O)N2C(=O)[C@@H](NC(=O)/C(=N/O)c3cccc(N)n3)[C@H]2SC1. The van der Waals surface area contributed by atoms with Crippen molar-refractivity contribution in [3.8, 4) is 0 Å². The van der Waals surface area contributed by atoms with E-state index in [4.69, 9.17) is 11.5 Å². The standard InChI is InChI=1S/C20H20N8O5S3/c21-4-7-34-16-17(24-6-5-23-16)36-10-8-35-19-13(18(30)28(19)14(10)20(31)32)26-15(29)12(27-33)9-2-1-3-11(22)25-9/h1-3,5-6,13,19,33H,4,7-8,21H2,(H2,22,25)(H,26,29)(H,31,32)/b27-12+/t13-,19-/m1/s1. The van der Waals surface area contributed by atoms with Crippen LogP contribution in [0.5, 0.6) is 0 Å². The second-order valence-corrected chi connectivity index (χ2v) is 10.5. The largest absolute Gasteiger partial charge is 0.477 e. The number of aliphatic carboxylic acids is 1. The first kappa shape index (κ1) is 25.7. The van der Waals surface area contributed by atoms with E-state index in [1.54, 1.807) is 0 Å². The number of nitrogen functional groups attached to an aromatic ring is 1. The van der Waals surface area contributed by atoms with Crippen LogP contribution in [0.3, 0.4) is 0 Å². The smallest absolute Gasteiger partial charge is 0.353 e. The summed E-state index contributed by atoms with van der Waals surface area (Å²) in [6.45, 7) is 0.442. The molecule has 2 aliphatic heterocycles. The lowest BCUT2D eigenvalue weighted by Gasteiger charge is -2.49. The highest BCUT2D eigenvalue weighted by Crippen LogP contribution is 2.45. The third-order valence-corrected chi connectivity index (χ3v) is 8.64. The number of aromatic nitrogens is 3. The molecule has 1 saturated heterocycles. The lowest BCUT2D eigenvalue weighted by Crippen LogP contribution is -2.71. The summed E-state index contributed by atoms with van der Waals surface area (Å²) in [4.78, 5) is 52.0. The Kier molecular flexibility index (Phi) is 7.97. The average Bonchev–Trinajstić information content (AvgIpc) is 2.86. The van der Waals surface area contributed by atoms with Gasteiger partial charge in [0, 0.05) is 35.3 Å². The van der Waals surface area contributed by atoms with Gasteiger partial charge >= 0.3 is 5.97 Å². The highest BCUT2D eigenvalue weighted by molar-refractivity contribution is 8.07. The molecule has 2 atom stereocenters. The van der Waals surface area contributed by atoms with Crippen molar-refractivity contribution in [2.75, 3.05) is 23.8 Å². The van der Waals surface area contributed by atoms with Gasteiger partial charge in [-0.1, -0.05) is 23.0 Å². The van der Waals surface area contributed by atoms with Crippen LogP contribution in [0.1, 0.15) is 5.69 Å². The molecule has 0 aromatic carbocycles. The average molecular weight is 549 g/mol. The monoisotopic (exact) mass is 548 g/mol. The summed E-state index contributed by atoms with van der Waals surface area (Å²) >= 11 is 3.83. The molecule has 2 aromatic heterocycles. The van der Waals surface area contributed by atoms with Gasteiger partial charge < -0.3 is 27.1 Å². The maximum Gasteiger partial charge on any atom is 0.353 e. The van der Waals surface area contributed by atoms with Crippen LogP contribution < -0.4 is 16.8 Å². The van der Waals surface area contributed by atoms with Crippen LogP contribution in [-0.2, 0) is 14.4 Å². The number of anilines is 1. The molecule has 0 radical (unpaired) electrons. The number of nitrogens with zero attached hydrogens (tertiary/aromatic N) is 5. The van der Waals surface area contributed by atoms with Crippen molar-refractivity contribution in [3.05, 3.63) is 46.9 Å². The molecule has 36 heavy (non-hydrogen) atoms. The molecule has 0 saturated carbocycles. The molecule has 7 N–H and O–H groups in total. The molecule has 4 heterocycles. The zero-order valence-corrected chi connectivity index (χ0v) is 20.8. The number of fused-ring (bicyclic) bond motifs is 1. The third kappa shape index (κ3) is 5.11. The summed E-state index contributed by atoms with van der Waals surface area (Å²) in [5.74, 6) is -1.74. The van der Waals surface area contributed by atoms with Crippen LogP contribution in [0.25, 0.3) is 0 Å². The Hall–Kier alpha value is -3.34. The zero-order valence-electron chi connectivity index (χ0n) is 18.4. The maximum absolute atomic E-state index is 13.0. The Morgan fingerprint density at radius 1 is 1.28 bits per heavy atom. The molecule has 2 aliphatic rings. The molecule has 2 amide bonds. The van der Waals surface area contributed by atoms with Gasteiger partial charge in [-0.25, -0.2) is 19.7 Å². The van der Waals surface area contributed by atoms with Gasteiger partial charge in [0.25, 0.3) is 11.8 Å². The van der Waals surface area contributed by atoms with Crippen molar-refractivity contribution in [2.45, 2.75) is 21.5 Å². The Bertz CT molecular complexity index is 1270. The molecule has 2 aromatic rings. The predicted molar refractivity (Wildman–Crippen MR) is 134 cm³/mol. The van der Waals surface area contributed by atoms with E-state index in [9.17, 15) is 24.7 Å². The number of amides is 2. The number of oxime groups is 1. The number of hydrogen-bond donors (Lipinski definition) is 5. The highest BCUT2D eigenvalue weighted by Gasteiger charge is 2.54. The lowest BCUT2D eigenvalue weighted by atomic mass is 10.0. The second-order valence-electron chi connectivity index (χ2n) is 7.24. The number of nitrogens with two attached hydrogens (primary N) is 2. The summed E-state index contributed by atoms with van der Waals surface area (Å²) in [5, 5.41) is 25.2. The molecule has 0 unspecified atom stereocenters. The summed E-state index contributed by atoms with van der Waals surface area (Å²) in [6.07, 6.45) is 3.04. The van der Waals surface area contributed by atoms with Crippen molar-refractivity contribution >= 4 is 64.6 Å². The van der Waals surface area contributed by atoms with E-state index >= 15 is 0 Å². The van der Waals surface area contributed by atoms with Crippen LogP contribution in [-0.4, -0.2) is 83.1 Å². The maximum atomic E-state index is 13.0. The van der Waals surface area contributed by atoms with E-state index in [0.29, 0.717) is 27.3 Å². The van der Waals surface area contributed by atoms with Gasteiger partial charge in [-0.3, -0.25) is 14.5 Å². The molecule has 4 rings (SSSR count). The molecular weight excluding hydrogens is 528 g/mol. The van der Waals surface area contributed by atoms with Gasteiger partial charge in [0.15, 0.2) is 5.71 Å². The lowest BCUT2D eigenvalue weighted by molar-refractivity contribution is -0.150. The Labute approximate surface area is 217 Å². The number of carbonyl (C=O) groups is 3. The normalized spacial score (nSPS) is 19.5. The van der Waals surface area contributed by atoms with Crippen LogP contribution in [0, 0.1) is 0 Å². The summed E-state index contributed by atoms with van der Waals surface area (Å²) in [6, 6.07) is 3.44. The molecule has 1 fully saturated rings. The van der Waals surface area contributed by atoms with E-state index in [1.807, 2.05) is 0 Å². The van der Waals surface area contributed by atoms with Crippen molar-refractivity contribution < 1.29 is 24.7 Å². The Balaban J connectivity index is 1.53. The molecule has 0 aliphatic carbocycles. The predicted octanol–water partition coefficient (Wildman–Crippen LogP) is 0.171. The first-order chi connectivity index (χ1) is 17.3. The van der Waals surface area contributed by atoms with Crippen molar-refractivity contribution in [2.24, 2.45) is 10.9 Å². The van der Waals surface area contributed by atoms with E-state index in [-0.39, 0.29) is 23.0 Å². The van der Waals surface area contributed by atoms with E-state index in [2.05, 4.69) is 25.4 Å². The number of carboxylic acid groups (broad SMARTS) is 1. The first-order valence-electron chi connectivity index (χ1n) is 10.3. The number of pyridine rings is 1. The van der Waals surface area contributed by atoms with E-state index in [0.717, 1.165) is 16.7 Å². The molecule has 188 valence electrons. The first-order valence-corrected chi connectivity index (χ1v) is 13.2. The molecule has 0 bridgehead atoms. The fourth-order valence-corrected chi connectivity index (χ4v) is 6.76. The van der Waals surface area contributed by atoms with Crippen LogP contribution in [0.4, 0.5) is 5.82 Å². The van der Waals surface area contributed by atoms with Crippen molar-refractivity contribution in [3.63, 3.8) is 0 Å². The van der Waals surface area contributed by atoms with Crippen LogP contribution in [0.15, 0.2) is 56.4 Å². The van der Waals surface area contributed by atoms with Crippen LogP contribution >= 0.6 is 35.3 Å². The fraction of sp³-hybridized carbons (Fsp3) is 0.250. The highest BCUT2D eigenvalue weighted by atomic mass is 32.2. The topological polar surface area (TPSA) is 210 Å². The number of carbonyl (C=O) groups excluding carboxylic acids is 2. The number of β-lactam (4-membered cyclic amide) rings is 1. The number of rotatable bonds is 9. The van der Waals surface area contributed by atoms with E-state index < -0.39 is 34.9 Å². The molecule has 13 nitrogen and oxygen atoms in total. The molecule has 16 heteroatoms. The summed E-state index contributed by atoms with van der Waals surface area (Å²) < 4.78 is 0. The van der Waals surface area contributed by atoms with Gasteiger partial charge in [-0.15, -0.1) is 23.5 Å². The van der Waals surface area contributed by atoms with Gasteiger partial charge in [-0.05, 0) is 12.1 Å². The summed E-state index contributed by atoms with van der Waals surface area (Å²) in [5.41, 5.74) is 10.6. The Morgan fingerprint density at radius 2 is 2.03 bits per heavy atom. The van der Waals surface area contributed by atoms with Gasteiger partial charge in [0.05, 0.1) is 0 Å². The Morgan fingerprint density at radius 3 is 2.69 bits per heavy atom. The minimum absolute atomic E-state index is 0.0204. The number of thioether (sulfide) groups is 3. The quantitative estimate of drug-likeness (QED) is 0.0931. The molecular formula is C20H20N8O5S3. The van der Waals surface area contributed by atoms with Gasteiger partial charge in [-0.2, -0.15) is 0 Å². The van der Waals surface area contributed by atoms with Gasteiger partial charge in [0.1, 0.15) is 38.7 Å². The fourth-order valence-electron chi connectivity index (χ4n) is 3.43. The van der Waals surface area contributed by atoms with Gasteiger partial charge in [0.2, 0.25) is 0 Å². The number of nitrogens with one attached hydrogen (secondary N) is 1. The number of carboxylic acids is 1.